The van der Waals surface area contributed by atoms with Crippen molar-refractivity contribution in [3.8, 4) is 0 Å². The second kappa shape index (κ2) is 4.56. The normalized spacial score (nSPS) is 13.3. The van der Waals surface area contributed by atoms with Crippen LogP contribution in [0.5, 0.6) is 0 Å². The second-order valence-corrected chi connectivity index (χ2v) is 4.42. The Morgan fingerprint density at radius 1 is 1.21 bits per heavy atom. The topological polar surface area (TPSA) is 38.9 Å². The van der Waals surface area contributed by atoms with Gasteiger partial charge in [-0.1, -0.05) is 13.8 Å². The van der Waals surface area contributed by atoms with Crippen LogP contribution >= 0.6 is 0 Å². The van der Waals surface area contributed by atoms with Gasteiger partial charge in [0, 0.05) is 17.4 Å². The number of hydrogen-bond donors (Lipinski definition) is 1. The summed E-state index contributed by atoms with van der Waals surface area (Å²) in [6, 6.07) is 4.32. The van der Waals surface area contributed by atoms with Gasteiger partial charge < -0.3 is 5.73 Å². The lowest BCUT2D eigenvalue weighted by Gasteiger charge is -2.15. The summed E-state index contributed by atoms with van der Waals surface area (Å²) >= 11 is 0. The van der Waals surface area contributed by atoms with Gasteiger partial charge in [0.1, 0.15) is 0 Å². The average molecular weight is 192 g/mol. The molecule has 78 valence electrons. The highest BCUT2D eigenvalue weighted by atomic mass is 14.7. The molecule has 0 fully saturated rings. The van der Waals surface area contributed by atoms with Crippen molar-refractivity contribution in [3.63, 3.8) is 0 Å². The Bertz CT molecular complexity index is 285. The third-order valence-corrected chi connectivity index (χ3v) is 2.26. The Hall–Kier alpha value is -0.890. The second-order valence-electron chi connectivity index (χ2n) is 4.42. The van der Waals surface area contributed by atoms with E-state index in [0.29, 0.717) is 5.92 Å². The molecule has 2 heteroatoms. The van der Waals surface area contributed by atoms with E-state index in [2.05, 4.69) is 31.0 Å². The summed E-state index contributed by atoms with van der Waals surface area (Å²) in [6.07, 6.45) is 1.03. The van der Waals surface area contributed by atoms with Crippen LogP contribution in [0.25, 0.3) is 0 Å². The minimum Gasteiger partial charge on any atom is -0.324 e. The SMILES string of the molecule is Cc1cc(C(N)CC(C)C)cc(C)n1. The first-order chi connectivity index (χ1) is 6.49. The van der Waals surface area contributed by atoms with E-state index in [1.165, 1.54) is 5.56 Å². The molecule has 14 heavy (non-hydrogen) atoms. The lowest BCUT2D eigenvalue weighted by atomic mass is 9.97. The predicted molar refractivity (Wildman–Crippen MR) is 60.1 cm³/mol. The van der Waals surface area contributed by atoms with Gasteiger partial charge in [-0.2, -0.15) is 0 Å². The zero-order chi connectivity index (χ0) is 10.7. The predicted octanol–water partition coefficient (Wildman–Crippen LogP) is 2.74. The molecule has 1 aromatic rings. The third kappa shape index (κ3) is 3.11. The minimum atomic E-state index is 0.149. The van der Waals surface area contributed by atoms with Crippen molar-refractivity contribution in [2.75, 3.05) is 0 Å². The highest BCUT2D eigenvalue weighted by Crippen LogP contribution is 2.19. The van der Waals surface area contributed by atoms with Crippen LogP contribution in [-0.4, -0.2) is 4.98 Å². The number of nitrogens with two attached hydrogens (primary N) is 1. The van der Waals surface area contributed by atoms with E-state index >= 15 is 0 Å². The maximum Gasteiger partial charge on any atom is 0.0379 e. The quantitative estimate of drug-likeness (QED) is 0.799. The minimum absolute atomic E-state index is 0.149. The highest BCUT2D eigenvalue weighted by molar-refractivity contribution is 5.23. The van der Waals surface area contributed by atoms with Crippen LogP contribution in [0.15, 0.2) is 12.1 Å². The zero-order valence-corrected chi connectivity index (χ0v) is 9.54. The van der Waals surface area contributed by atoms with Crippen molar-refractivity contribution in [1.82, 2.24) is 4.98 Å². The van der Waals surface area contributed by atoms with E-state index in [9.17, 15) is 0 Å². The van der Waals surface area contributed by atoms with E-state index < -0.39 is 0 Å². The monoisotopic (exact) mass is 192 g/mol. The van der Waals surface area contributed by atoms with E-state index in [0.717, 1.165) is 17.8 Å². The lowest BCUT2D eigenvalue weighted by molar-refractivity contribution is 0.509. The fourth-order valence-corrected chi connectivity index (χ4v) is 1.72. The number of rotatable bonds is 3. The Morgan fingerprint density at radius 2 is 1.71 bits per heavy atom. The van der Waals surface area contributed by atoms with Crippen molar-refractivity contribution in [3.05, 3.63) is 29.1 Å². The molecule has 0 amide bonds. The van der Waals surface area contributed by atoms with E-state index in [-0.39, 0.29) is 6.04 Å². The molecule has 0 spiro atoms. The molecule has 1 rings (SSSR count). The van der Waals surface area contributed by atoms with Crippen LogP contribution in [0.2, 0.25) is 0 Å². The first-order valence-electron chi connectivity index (χ1n) is 5.20. The standard InChI is InChI=1S/C12H20N2/c1-8(2)5-12(13)11-6-9(3)14-10(4)7-11/h6-8,12H,5,13H2,1-4H3. The van der Waals surface area contributed by atoms with Crippen LogP contribution in [0.3, 0.4) is 0 Å². The number of nitrogens with zero attached hydrogens (tertiary/aromatic N) is 1. The smallest absolute Gasteiger partial charge is 0.0379 e. The van der Waals surface area contributed by atoms with Crippen molar-refractivity contribution < 1.29 is 0 Å². The maximum atomic E-state index is 6.11. The molecule has 2 nitrogen and oxygen atoms in total. The van der Waals surface area contributed by atoms with Crippen molar-refractivity contribution in [2.45, 2.75) is 40.2 Å². The van der Waals surface area contributed by atoms with Crippen molar-refractivity contribution >= 4 is 0 Å². The summed E-state index contributed by atoms with van der Waals surface area (Å²) in [4.78, 5) is 4.34. The van der Waals surface area contributed by atoms with Crippen LogP contribution in [0.4, 0.5) is 0 Å². The van der Waals surface area contributed by atoms with Gasteiger partial charge in [-0.05, 0) is 43.9 Å². The number of aryl methyl sites for hydroxylation is 2. The van der Waals surface area contributed by atoms with Gasteiger partial charge in [-0.25, -0.2) is 0 Å². The molecule has 0 bridgehead atoms. The molecule has 1 atom stereocenters. The number of pyridine rings is 1. The van der Waals surface area contributed by atoms with Gasteiger partial charge in [0.15, 0.2) is 0 Å². The highest BCUT2D eigenvalue weighted by Gasteiger charge is 2.09. The largest absolute Gasteiger partial charge is 0.324 e. The van der Waals surface area contributed by atoms with Crippen molar-refractivity contribution in [1.29, 1.82) is 0 Å². The summed E-state index contributed by atoms with van der Waals surface area (Å²) in [5.41, 5.74) is 9.43. The first-order valence-corrected chi connectivity index (χ1v) is 5.20. The number of hydrogen-bond acceptors (Lipinski definition) is 2. The van der Waals surface area contributed by atoms with Crippen molar-refractivity contribution in [2.24, 2.45) is 11.7 Å². The van der Waals surface area contributed by atoms with Crippen LogP contribution in [0, 0.1) is 19.8 Å². The van der Waals surface area contributed by atoms with E-state index in [1.54, 1.807) is 0 Å². The molecule has 0 aliphatic carbocycles. The molecule has 1 heterocycles. The fourth-order valence-electron chi connectivity index (χ4n) is 1.72. The Balaban J connectivity index is 2.84. The molecule has 0 radical (unpaired) electrons. The molecule has 0 saturated carbocycles. The van der Waals surface area contributed by atoms with Gasteiger partial charge in [-0.3, -0.25) is 4.98 Å². The Kier molecular flexibility index (Phi) is 3.64. The lowest BCUT2D eigenvalue weighted by Crippen LogP contribution is -2.13. The summed E-state index contributed by atoms with van der Waals surface area (Å²) in [5, 5.41) is 0. The van der Waals surface area contributed by atoms with Crippen LogP contribution in [0.1, 0.15) is 43.3 Å². The molecule has 0 saturated heterocycles. The molecule has 1 aromatic heterocycles. The summed E-state index contributed by atoms with van der Waals surface area (Å²) in [7, 11) is 0. The zero-order valence-electron chi connectivity index (χ0n) is 9.54. The molecular formula is C12H20N2. The Labute approximate surface area is 86.5 Å². The molecule has 0 aliphatic rings. The van der Waals surface area contributed by atoms with Gasteiger partial charge in [-0.15, -0.1) is 0 Å². The summed E-state index contributed by atoms with van der Waals surface area (Å²) in [6.45, 7) is 8.42. The summed E-state index contributed by atoms with van der Waals surface area (Å²) in [5.74, 6) is 0.638. The third-order valence-electron chi connectivity index (χ3n) is 2.26. The fraction of sp³-hybridized carbons (Fsp3) is 0.583. The first kappa shape index (κ1) is 11.2. The average Bonchev–Trinajstić information content (AvgIpc) is 2.00. The molecule has 2 N–H and O–H groups in total. The van der Waals surface area contributed by atoms with Gasteiger partial charge in [0.05, 0.1) is 0 Å². The van der Waals surface area contributed by atoms with E-state index in [1.807, 2.05) is 13.8 Å². The molecular weight excluding hydrogens is 172 g/mol. The maximum absolute atomic E-state index is 6.11. The van der Waals surface area contributed by atoms with Gasteiger partial charge >= 0.3 is 0 Å². The summed E-state index contributed by atoms with van der Waals surface area (Å²) < 4.78 is 0. The van der Waals surface area contributed by atoms with Crippen LogP contribution in [-0.2, 0) is 0 Å². The number of aromatic nitrogens is 1. The van der Waals surface area contributed by atoms with Gasteiger partial charge in [0.2, 0.25) is 0 Å². The van der Waals surface area contributed by atoms with Gasteiger partial charge in [0.25, 0.3) is 0 Å². The molecule has 1 unspecified atom stereocenters. The molecule has 0 aliphatic heterocycles. The molecule has 0 aromatic carbocycles. The Morgan fingerprint density at radius 3 is 2.14 bits per heavy atom. The van der Waals surface area contributed by atoms with E-state index in [4.69, 9.17) is 5.73 Å². The van der Waals surface area contributed by atoms with Crippen LogP contribution < -0.4 is 5.73 Å².